The van der Waals surface area contributed by atoms with Crippen molar-refractivity contribution in [2.75, 3.05) is 6.26 Å². The normalized spacial score (nSPS) is 28.0. The molecule has 120 valence electrons. The number of sulfone groups is 1. The number of rotatable bonds is 2. The van der Waals surface area contributed by atoms with Crippen molar-refractivity contribution in [3.05, 3.63) is 34.6 Å². The van der Waals surface area contributed by atoms with E-state index >= 15 is 0 Å². The van der Waals surface area contributed by atoms with Crippen LogP contribution in [-0.4, -0.2) is 42.8 Å². The SMILES string of the molecule is CS(=O)(=O)C1CC2CCC(C1)N2C(=O)c1ccc(F)cc1Cl. The number of hydrogen-bond donors (Lipinski definition) is 0. The van der Waals surface area contributed by atoms with Crippen LogP contribution in [0.2, 0.25) is 5.02 Å². The van der Waals surface area contributed by atoms with Crippen LogP contribution in [0.15, 0.2) is 18.2 Å². The molecule has 2 aliphatic heterocycles. The van der Waals surface area contributed by atoms with Crippen molar-refractivity contribution in [2.45, 2.75) is 43.0 Å². The van der Waals surface area contributed by atoms with Gasteiger partial charge >= 0.3 is 0 Å². The second kappa shape index (κ2) is 5.49. The van der Waals surface area contributed by atoms with E-state index in [9.17, 15) is 17.6 Å². The molecule has 1 aromatic rings. The van der Waals surface area contributed by atoms with Crippen LogP contribution >= 0.6 is 11.6 Å². The third-order valence-corrected chi connectivity index (χ3v) is 6.60. The molecule has 2 fully saturated rings. The number of nitrogens with zero attached hydrogens (tertiary/aromatic N) is 1. The molecule has 22 heavy (non-hydrogen) atoms. The Labute approximate surface area is 134 Å². The molecule has 0 aromatic heterocycles. The van der Waals surface area contributed by atoms with Gasteiger partial charge in [-0.2, -0.15) is 0 Å². The summed E-state index contributed by atoms with van der Waals surface area (Å²) in [7, 11) is -3.09. The average molecular weight is 346 g/mol. The molecule has 2 unspecified atom stereocenters. The van der Waals surface area contributed by atoms with Crippen LogP contribution in [-0.2, 0) is 9.84 Å². The van der Waals surface area contributed by atoms with Crippen molar-refractivity contribution in [2.24, 2.45) is 0 Å². The summed E-state index contributed by atoms with van der Waals surface area (Å²) in [6, 6.07) is 3.57. The zero-order valence-corrected chi connectivity index (χ0v) is 13.7. The van der Waals surface area contributed by atoms with Gasteiger partial charge in [-0.05, 0) is 43.9 Å². The number of piperidine rings is 1. The highest BCUT2D eigenvalue weighted by molar-refractivity contribution is 7.91. The highest BCUT2D eigenvalue weighted by Gasteiger charge is 2.46. The van der Waals surface area contributed by atoms with Crippen molar-refractivity contribution in [3.63, 3.8) is 0 Å². The molecule has 4 nitrogen and oxygen atoms in total. The summed E-state index contributed by atoms with van der Waals surface area (Å²) in [5.41, 5.74) is 0.276. The van der Waals surface area contributed by atoms with E-state index in [-0.39, 0.29) is 33.8 Å². The maximum Gasteiger partial charge on any atom is 0.255 e. The lowest BCUT2D eigenvalue weighted by atomic mass is 10.0. The lowest BCUT2D eigenvalue weighted by Gasteiger charge is -2.38. The second-order valence-corrected chi connectivity index (χ2v) is 8.88. The van der Waals surface area contributed by atoms with Gasteiger partial charge in [0, 0.05) is 18.3 Å². The molecule has 7 heteroatoms. The van der Waals surface area contributed by atoms with Crippen molar-refractivity contribution >= 4 is 27.3 Å². The minimum absolute atomic E-state index is 0.0768. The standard InChI is InChI=1S/C15H17ClFNO3S/c1-22(20,21)12-7-10-3-4-11(8-12)18(10)15(19)13-5-2-9(17)6-14(13)16/h2,5-6,10-12H,3-4,7-8H2,1H3. The summed E-state index contributed by atoms with van der Waals surface area (Å²) in [5, 5.41) is -0.285. The molecule has 3 rings (SSSR count). The number of fused-ring (bicyclic) bond motifs is 2. The average Bonchev–Trinajstić information content (AvgIpc) is 2.67. The van der Waals surface area contributed by atoms with Gasteiger partial charge in [0.05, 0.1) is 15.8 Å². The molecule has 0 saturated carbocycles. The molecular formula is C15H17ClFNO3S. The van der Waals surface area contributed by atoms with E-state index in [1.54, 1.807) is 4.90 Å². The fourth-order valence-corrected chi connectivity index (χ4v) is 5.00. The van der Waals surface area contributed by atoms with Crippen molar-refractivity contribution in [3.8, 4) is 0 Å². The van der Waals surface area contributed by atoms with E-state index in [1.165, 1.54) is 18.4 Å². The maximum absolute atomic E-state index is 13.1. The van der Waals surface area contributed by atoms with Crippen LogP contribution in [0.4, 0.5) is 4.39 Å². The number of hydrogen-bond acceptors (Lipinski definition) is 3. The highest BCUT2D eigenvalue weighted by atomic mass is 35.5. The quantitative estimate of drug-likeness (QED) is 0.828. The van der Waals surface area contributed by atoms with Gasteiger partial charge in [-0.1, -0.05) is 11.6 Å². The molecule has 1 amide bonds. The van der Waals surface area contributed by atoms with Crippen LogP contribution in [0.5, 0.6) is 0 Å². The first-order chi connectivity index (χ1) is 10.3. The van der Waals surface area contributed by atoms with E-state index in [0.29, 0.717) is 12.8 Å². The Morgan fingerprint density at radius 1 is 1.27 bits per heavy atom. The second-order valence-electron chi connectivity index (χ2n) is 6.14. The molecular weight excluding hydrogens is 329 g/mol. The minimum Gasteiger partial charge on any atom is -0.333 e. The summed E-state index contributed by atoms with van der Waals surface area (Å²) in [5.74, 6) is -0.718. The summed E-state index contributed by atoms with van der Waals surface area (Å²) >= 11 is 5.98. The van der Waals surface area contributed by atoms with Gasteiger partial charge in [-0.15, -0.1) is 0 Å². The Hall–Kier alpha value is -1.14. The monoisotopic (exact) mass is 345 g/mol. The maximum atomic E-state index is 13.1. The highest BCUT2D eigenvalue weighted by Crippen LogP contribution is 2.39. The number of carbonyl (C=O) groups is 1. The minimum atomic E-state index is -3.09. The van der Waals surface area contributed by atoms with Gasteiger partial charge in [0.2, 0.25) is 0 Å². The Balaban J connectivity index is 1.86. The molecule has 1 aromatic carbocycles. The predicted octanol–water partition coefficient (Wildman–Crippen LogP) is 2.66. The van der Waals surface area contributed by atoms with Gasteiger partial charge < -0.3 is 4.90 Å². The first-order valence-corrected chi connectivity index (χ1v) is 9.57. The topological polar surface area (TPSA) is 54.5 Å². The first-order valence-electron chi connectivity index (χ1n) is 7.24. The smallest absolute Gasteiger partial charge is 0.255 e. The molecule has 0 radical (unpaired) electrons. The third-order valence-electron chi connectivity index (χ3n) is 4.69. The molecule has 2 atom stereocenters. The van der Waals surface area contributed by atoms with Crippen LogP contribution in [0.25, 0.3) is 0 Å². The fourth-order valence-electron chi connectivity index (χ4n) is 3.61. The summed E-state index contributed by atoms with van der Waals surface area (Å²) < 4.78 is 36.7. The molecule has 2 bridgehead atoms. The first kappa shape index (κ1) is 15.7. The molecule has 0 spiro atoms. The number of benzene rings is 1. The van der Waals surface area contributed by atoms with Crippen LogP contribution < -0.4 is 0 Å². The van der Waals surface area contributed by atoms with E-state index in [1.807, 2.05) is 0 Å². The molecule has 0 aliphatic carbocycles. The number of amides is 1. The lowest BCUT2D eigenvalue weighted by Crippen LogP contribution is -2.49. The fraction of sp³-hybridized carbons (Fsp3) is 0.533. The Morgan fingerprint density at radius 2 is 1.86 bits per heavy atom. The summed E-state index contributed by atoms with van der Waals surface area (Å²) in [6.45, 7) is 0. The summed E-state index contributed by atoms with van der Waals surface area (Å²) in [4.78, 5) is 14.5. The van der Waals surface area contributed by atoms with Crippen molar-refractivity contribution < 1.29 is 17.6 Å². The Bertz CT molecular complexity index is 707. The van der Waals surface area contributed by atoms with E-state index < -0.39 is 15.7 Å². The molecule has 2 heterocycles. The van der Waals surface area contributed by atoms with Gasteiger partial charge in [0.1, 0.15) is 15.7 Å². The third kappa shape index (κ3) is 2.74. The Kier molecular flexibility index (Phi) is 3.93. The predicted molar refractivity (Wildman–Crippen MR) is 82.3 cm³/mol. The van der Waals surface area contributed by atoms with Gasteiger partial charge in [-0.3, -0.25) is 4.79 Å². The van der Waals surface area contributed by atoms with Crippen LogP contribution in [0, 0.1) is 5.82 Å². The van der Waals surface area contributed by atoms with Crippen molar-refractivity contribution in [1.29, 1.82) is 0 Å². The summed E-state index contributed by atoms with van der Waals surface area (Å²) in [6.07, 6.45) is 3.81. The number of halogens is 2. The molecule has 2 saturated heterocycles. The van der Waals surface area contributed by atoms with Gasteiger partial charge in [-0.25, -0.2) is 12.8 Å². The zero-order valence-electron chi connectivity index (χ0n) is 12.1. The number of carbonyl (C=O) groups excluding carboxylic acids is 1. The lowest BCUT2D eigenvalue weighted by molar-refractivity contribution is 0.0598. The van der Waals surface area contributed by atoms with Crippen molar-refractivity contribution in [1.82, 2.24) is 4.90 Å². The van der Waals surface area contributed by atoms with E-state index in [0.717, 1.165) is 18.9 Å². The Morgan fingerprint density at radius 3 is 2.36 bits per heavy atom. The van der Waals surface area contributed by atoms with E-state index in [2.05, 4.69) is 0 Å². The molecule has 0 N–H and O–H groups in total. The zero-order chi connectivity index (χ0) is 16.1. The van der Waals surface area contributed by atoms with Gasteiger partial charge in [0.25, 0.3) is 5.91 Å². The largest absolute Gasteiger partial charge is 0.333 e. The van der Waals surface area contributed by atoms with Gasteiger partial charge in [0.15, 0.2) is 0 Å². The molecule has 2 aliphatic rings. The van der Waals surface area contributed by atoms with Crippen LogP contribution in [0.1, 0.15) is 36.0 Å². The van der Waals surface area contributed by atoms with Crippen LogP contribution in [0.3, 0.4) is 0 Å². The van der Waals surface area contributed by atoms with E-state index in [4.69, 9.17) is 11.6 Å².